The molecule has 0 aliphatic carbocycles. The van der Waals surface area contributed by atoms with Gasteiger partial charge in [0.1, 0.15) is 11.5 Å². The van der Waals surface area contributed by atoms with Gasteiger partial charge in [-0.1, -0.05) is 13.0 Å². The van der Waals surface area contributed by atoms with Gasteiger partial charge in [-0.2, -0.15) is 9.61 Å². The Morgan fingerprint density at radius 2 is 2.29 bits per heavy atom. The van der Waals surface area contributed by atoms with Gasteiger partial charge in [0.2, 0.25) is 0 Å². The molecule has 0 aliphatic rings. The van der Waals surface area contributed by atoms with Crippen LogP contribution >= 0.6 is 11.3 Å². The van der Waals surface area contributed by atoms with Crippen LogP contribution in [0, 0.1) is 0 Å². The van der Waals surface area contributed by atoms with Gasteiger partial charge in [0.05, 0.1) is 4.88 Å². The third-order valence-corrected chi connectivity index (χ3v) is 4.20. The van der Waals surface area contributed by atoms with E-state index in [9.17, 15) is 0 Å². The number of fused-ring (bicyclic) bond motifs is 1. The molecule has 0 unspecified atom stereocenters. The molecule has 0 amide bonds. The number of nitrogens with one attached hydrogen (secondary N) is 1. The Morgan fingerprint density at radius 3 is 3.00 bits per heavy atom. The van der Waals surface area contributed by atoms with E-state index in [0.29, 0.717) is 6.54 Å². The molecule has 0 atom stereocenters. The minimum Gasteiger partial charge on any atom is -0.370 e. The molecule has 0 fully saturated rings. The molecule has 0 saturated heterocycles. The second-order valence-electron chi connectivity index (χ2n) is 4.83. The standard InChI is InChI=1S/C15H19N5S/c1-2-11-9-14(17-7-4-6-16)20-15(18-11)10-12(19-20)13-5-3-8-21-13/h3,5,8-10,17H,2,4,6-7,16H2,1H3. The van der Waals surface area contributed by atoms with Crippen molar-refractivity contribution in [3.05, 3.63) is 35.3 Å². The summed E-state index contributed by atoms with van der Waals surface area (Å²) in [7, 11) is 0. The molecule has 5 nitrogen and oxygen atoms in total. The normalized spacial score (nSPS) is 11.1. The Morgan fingerprint density at radius 1 is 1.38 bits per heavy atom. The van der Waals surface area contributed by atoms with Gasteiger partial charge in [0.25, 0.3) is 0 Å². The lowest BCUT2D eigenvalue weighted by atomic mass is 10.3. The number of rotatable bonds is 6. The van der Waals surface area contributed by atoms with Crippen LogP contribution in [0.4, 0.5) is 5.82 Å². The monoisotopic (exact) mass is 301 g/mol. The number of anilines is 1. The van der Waals surface area contributed by atoms with Crippen molar-refractivity contribution in [3.63, 3.8) is 0 Å². The lowest BCUT2D eigenvalue weighted by molar-refractivity contribution is 0.848. The predicted octanol–water partition coefficient (Wildman–Crippen LogP) is 2.78. The maximum atomic E-state index is 5.56. The molecule has 0 bridgehead atoms. The van der Waals surface area contributed by atoms with Gasteiger partial charge in [-0.15, -0.1) is 11.3 Å². The first-order valence-corrected chi connectivity index (χ1v) is 8.07. The highest BCUT2D eigenvalue weighted by molar-refractivity contribution is 7.13. The van der Waals surface area contributed by atoms with Crippen LogP contribution in [-0.4, -0.2) is 27.7 Å². The first-order chi connectivity index (χ1) is 10.3. The number of nitrogens with two attached hydrogens (primary N) is 1. The second kappa shape index (κ2) is 6.24. The summed E-state index contributed by atoms with van der Waals surface area (Å²) in [6.45, 7) is 3.63. The molecule has 6 heteroatoms. The van der Waals surface area contributed by atoms with Crippen molar-refractivity contribution in [1.82, 2.24) is 14.6 Å². The minimum absolute atomic E-state index is 0.682. The van der Waals surface area contributed by atoms with Crippen molar-refractivity contribution in [2.75, 3.05) is 18.4 Å². The summed E-state index contributed by atoms with van der Waals surface area (Å²) in [4.78, 5) is 5.81. The SMILES string of the molecule is CCc1cc(NCCCN)n2nc(-c3cccs3)cc2n1. The maximum absolute atomic E-state index is 5.56. The van der Waals surface area contributed by atoms with E-state index in [1.165, 1.54) is 0 Å². The van der Waals surface area contributed by atoms with Crippen molar-refractivity contribution in [1.29, 1.82) is 0 Å². The van der Waals surface area contributed by atoms with Gasteiger partial charge in [-0.3, -0.25) is 0 Å². The van der Waals surface area contributed by atoms with Gasteiger partial charge >= 0.3 is 0 Å². The topological polar surface area (TPSA) is 68.2 Å². The Hall–Kier alpha value is -1.92. The van der Waals surface area contributed by atoms with Gasteiger partial charge in [-0.05, 0) is 30.8 Å². The summed E-state index contributed by atoms with van der Waals surface area (Å²) in [6.07, 6.45) is 1.84. The number of hydrogen-bond acceptors (Lipinski definition) is 5. The van der Waals surface area contributed by atoms with Crippen LogP contribution in [-0.2, 0) is 6.42 Å². The van der Waals surface area contributed by atoms with Gasteiger partial charge in [0.15, 0.2) is 5.65 Å². The van der Waals surface area contributed by atoms with Crippen LogP contribution in [0.15, 0.2) is 29.6 Å². The van der Waals surface area contributed by atoms with E-state index >= 15 is 0 Å². The highest BCUT2D eigenvalue weighted by Crippen LogP contribution is 2.25. The fourth-order valence-electron chi connectivity index (χ4n) is 2.20. The van der Waals surface area contributed by atoms with Crippen molar-refractivity contribution in [2.45, 2.75) is 19.8 Å². The molecule has 110 valence electrons. The van der Waals surface area contributed by atoms with Crippen molar-refractivity contribution in [3.8, 4) is 10.6 Å². The molecule has 3 aromatic rings. The average molecular weight is 301 g/mol. The van der Waals surface area contributed by atoms with E-state index < -0.39 is 0 Å². The molecule has 0 spiro atoms. The first kappa shape index (κ1) is 14.0. The quantitative estimate of drug-likeness (QED) is 0.687. The Labute approximate surface area is 127 Å². The third kappa shape index (κ3) is 2.91. The summed E-state index contributed by atoms with van der Waals surface area (Å²) in [5.74, 6) is 0.980. The number of thiophene rings is 1. The van der Waals surface area contributed by atoms with Crippen LogP contribution in [0.5, 0.6) is 0 Å². The predicted molar refractivity (Wildman–Crippen MR) is 87.8 cm³/mol. The van der Waals surface area contributed by atoms with Crippen LogP contribution in [0.3, 0.4) is 0 Å². The van der Waals surface area contributed by atoms with Gasteiger partial charge in [-0.25, -0.2) is 4.98 Å². The molecule has 0 aliphatic heterocycles. The Bertz CT molecular complexity index is 717. The van der Waals surface area contributed by atoms with Crippen molar-refractivity contribution >= 4 is 22.8 Å². The number of aromatic nitrogens is 3. The van der Waals surface area contributed by atoms with Crippen LogP contribution in [0.1, 0.15) is 19.0 Å². The molecule has 3 N–H and O–H groups in total. The average Bonchev–Trinajstić information content (AvgIpc) is 3.15. The summed E-state index contributed by atoms with van der Waals surface area (Å²) in [5.41, 5.74) is 8.47. The fraction of sp³-hybridized carbons (Fsp3) is 0.333. The zero-order valence-corrected chi connectivity index (χ0v) is 12.9. The van der Waals surface area contributed by atoms with E-state index in [4.69, 9.17) is 5.73 Å². The zero-order chi connectivity index (χ0) is 14.7. The Balaban J connectivity index is 2.02. The summed E-state index contributed by atoms with van der Waals surface area (Å²) < 4.78 is 1.88. The van der Waals surface area contributed by atoms with E-state index in [1.807, 2.05) is 16.6 Å². The van der Waals surface area contributed by atoms with E-state index in [0.717, 1.165) is 47.1 Å². The molecule has 3 aromatic heterocycles. The van der Waals surface area contributed by atoms with Crippen LogP contribution in [0.2, 0.25) is 0 Å². The number of nitrogens with zero attached hydrogens (tertiary/aromatic N) is 3. The lowest BCUT2D eigenvalue weighted by Gasteiger charge is -2.09. The van der Waals surface area contributed by atoms with Crippen LogP contribution < -0.4 is 11.1 Å². The van der Waals surface area contributed by atoms with E-state index in [2.05, 4.69) is 39.8 Å². The third-order valence-electron chi connectivity index (χ3n) is 3.30. The van der Waals surface area contributed by atoms with Crippen molar-refractivity contribution in [2.24, 2.45) is 5.73 Å². The molecular weight excluding hydrogens is 282 g/mol. The second-order valence-corrected chi connectivity index (χ2v) is 5.78. The van der Waals surface area contributed by atoms with E-state index in [1.54, 1.807) is 11.3 Å². The maximum Gasteiger partial charge on any atom is 0.158 e. The Kier molecular flexibility index (Phi) is 4.17. The summed E-state index contributed by atoms with van der Waals surface area (Å²) >= 11 is 1.69. The minimum atomic E-state index is 0.682. The molecular formula is C15H19N5S. The molecule has 3 rings (SSSR count). The molecule has 3 heterocycles. The van der Waals surface area contributed by atoms with Gasteiger partial charge in [0, 0.05) is 24.4 Å². The molecule has 0 saturated carbocycles. The molecule has 0 radical (unpaired) electrons. The smallest absolute Gasteiger partial charge is 0.158 e. The highest BCUT2D eigenvalue weighted by Gasteiger charge is 2.10. The number of hydrogen-bond donors (Lipinski definition) is 2. The van der Waals surface area contributed by atoms with Crippen molar-refractivity contribution < 1.29 is 0 Å². The summed E-state index contributed by atoms with van der Waals surface area (Å²) in [6, 6.07) is 8.22. The summed E-state index contributed by atoms with van der Waals surface area (Å²) in [5, 5.41) is 10.1. The largest absolute Gasteiger partial charge is 0.370 e. The highest BCUT2D eigenvalue weighted by atomic mass is 32.1. The molecule has 0 aromatic carbocycles. The van der Waals surface area contributed by atoms with E-state index in [-0.39, 0.29) is 0 Å². The first-order valence-electron chi connectivity index (χ1n) is 7.19. The molecule has 21 heavy (non-hydrogen) atoms. The number of aryl methyl sites for hydroxylation is 1. The van der Waals surface area contributed by atoms with Crippen LogP contribution in [0.25, 0.3) is 16.2 Å². The van der Waals surface area contributed by atoms with Gasteiger partial charge < -0.3 is 11.1 Å². The lowest BCUT2D eigenvalue weighted by Crippen LogP contribution is -2.12. The zero-order valence-electron chi connectivity index (χ0n) is 12.0. The fourth-order valence-corrected chi connectivity index (χ4v) is 2.88.